The number of fused-ring (bicyclic) bond motifs is 1. The summed E-state index contributed by atoms with van der Waals surface area (Å²) in [5, 5.41) is 14.7. The Morgan fingerprint density at radius 2 is 1.71 bits per heavy atom. The number of carboxylic acid groups (broad SMARTS) is 1. The lowest BCUT2D eigenvalue weighted by Gasteiger charge is -2.18. The number of amides is 2. The van der Waals surface area contributed by atoms with E-state index in [9.17, 15) is 27.9 Å². The molecule has 31 heavy (non-hydrogen) atoms. The monoisotopic (exact) mass is 454 g/mol. The van der Waals surface area contributed by atoms with Crippen LogP contribution >= 0.6 is 11.8 Å². The maximum Gasteiger partial charge on any atom is 0.573 e. The highest BCUT2D eigenvalue weighted by molar-refractivity contribution is 8.01. The molecule has 2 amide bonds. The summed E-state index contributed by atoms with van der Waals surface area (Å²) in [6, 6.07) is 10.0. The van der Waals surface area contributed by atoms with Gasteiger partial charge in [0.05, 0.1) is 0 Å². The molecular formula is C21H21F3N2O4S. The molecule has 2 aromatic rings. The zero-order valence-electron chi connectivity index (χ0n) is 16.7. The largest absolute Gasteiger partial charge is 0.573 e. The second-order valence-electron chi connectivity index (χ2n) is 7.62. The molecule has 1 atom stereocenters. The van der Waals surface area contributed by atoms with E-state index < -0.39 is 23.1 Å². The fraction of sp³-hybridized carbons (Fsp3) is 0.333. The molecule has 166 valence electrons. The highest BCUT2D eigenvalue weighted by Gasteiger charge is 2.31. The number of rotatable bonds is 6. The van der Waals surface area contributed by atoms with E-state index in [0.29, 0.717) is 18.5 Å². The summed E-state index contributed by atoms with van der Waals surface area (Å²) in [5.74, 6) is -1.27. The van der Waals surface area contributed by atoms with Gasteiger partial charge in [0.1, 0.15) is 10.5 Å². The van der Waals surface area contributed by atoms with Crippen molar-refractivity contribution >= 4 is 29.4 Å². The maximum atomic E-state index is 12.3. The molecule has 3 N–H and O–H groups in total. The molecule has 0 aromatic heterocycles. The van der Waals surface area contributed by atoms with Crippen molar-refractivity contribution in [3.8, 4) is 5.75 Å². The number of carboxylic acids is 1. The average molecular weight is 454 g/mol. The molecule has 2 aromatic carbocycles. The summed E-state index contributed by atoms with van der Waals surface area (Å²) in [6.07, 6.45) is -3.54. The first-order valence-electron chi connectivity index (χ1n) is 9.39. The number of benzene rings is 2. The van der Waals surface area contributed by atoms with Crippen LogP contribution in [-0.4, -0.2) is 34.3 Å². The number of alkyl halides is 3. The number of urea groups is 1. The van der Waals surface area contributed by atoms with Crippen LogP contribution < -0.4 is 15.4 Å². The third-order valence-corrected chi connectivity index (χ3v) is 5.85. The number of thioether (sulfide) groups is 1. The fourth-order valence-electron chi connectivity index (χ4n) is 3.19. The number of hydrogen-bond donors (Lipinski definition) is 3. The Labute approximate surface area is 181 Å². The molecule has 6 nitrogen and oxygen atoms in total. The van der Waals surface area contributed by atoms with Gasteiger partial charge in [0, 0.05) is 16.6 Å². The number of ether oxygens (including phenoxy) is 1. The zero-order valence-corrected chi connectivity index (χ0v) is 17.6. The average Bonchev–Trinajstić information content (AvgIpc) is 3.03. The third-order valence-electron chi connectivity index (χ3n) is 4.68. The van der Waals surface area contributed by atoms with Gasteiger partial charge in [-0.25, -0.2) is 4.79 Å². The van der Waals surface area contributed by atoms with Crippen LogP contribution in [0.3, 0.4) is 0 Å². The van der Waals surface area contributed by atoms with Crippen molar-refractivity contribution in [1.82, 2.24) is 5.32 Å². The van der Waals surface area contributed by atoms with Crippen LogP contribution in [0.4, 0.5) is 23.7 Å². The van der Waals surface area contributed by atoms with Crippen molar-refractivity contribution in [2.24, 2.45) is 0 Å². The van der Waals surface area contributed by atoms with Gasteiger partial charge >= 0.3 is 18.4 Å². The molecule has 0 bridgehead atoms. The zero-order chi connectivity index (χ0) is 22.8. The third kappa shape index (κ3) is 6.30. The number of anilines is 1. The van der Waals surface area contributed by atoms with Crippen molar-refractivity contribution in [3.63, 3.8) is 0 Å². The van der Waals surface area contributed by atoms with Crippen molar-refractivity contribution in [2.45, 2.75) is 48.7 Å². The molecule has 0 saturated heterocycles. The number of hydrogen-bond acceptors (Lipinski definition) is 4. The van der Waals surface area contributed by atoms with Gasteiger partial charge in [0.15, 0.2) is 0 Å². The lowest BCUT2D eigenvalue weighted by atomic mass is 10.1. The lowest BCUT2D eigenvalue weighted by Crippen LogP contribution is -2.38. The van der Waals surface area contributed by atoms with Gasteiger partial charge < -0.3 is 20.5 Å². The van der Waals surface area contributed by atoms with Crippen LogP contribution in [-0.2, 0) is 17.6 Å². The van der Waals surface area contributed by atoms with Crippen LogP contribution in [0.25, 0.3) is 0 Å². The second kappa shape index (κ2) is 8.70. The molecule has 1 aliphatic carbocycles. The number of nitrogens with one attached hydrogen (secondary N) is 2. The van der Waals surface area contributed by atoms with Crippen molar-refractivity contribution < 1.29 is 32.6 Å². The standard InChI is InChI=1S/C21H21F3N2O4S/c1-20(2,18(27)28)31-17-8-3-12-9-15(10-13(12)11-17)26-19(29)25-14-4-6-16(7-5-14)30-21(22,23)24/h3-8,11,15H,9-10H2,1-2H3,(H,27,28)(H2,25,26,29)/t15-/m1/s1. The minimum absolute atomic E-state index is 0.143. The maximum absolute atomic E-state index is 12.3. The van der Waals surface area contributed by atoms with Crippen LogP contribution in [0.2, 0.25) is 0 Å². The highest BCUT2D eigenvalue weighted by atomic mass is 32.2. The fourth-order valence-corrected chi connectivity index (χ4v) is 4.20. The predicted molar refractivity (Wildman–Crippen MR) is 110 cm³/mol. The van der Waals surface area contributed by atoms with Crippen LogP contribution in [0.5, 0.6) is 5.75 Å². The molecule has 3 rings (SSSR count). The van der Waals surface area contributed by atoms with Gasteiger partial charge in [-0.3, -0.25) is 4.79 Å². The van der Waals surface area contributed by atoms with E-state index in [-0.39, 0.29) is 11.8 Å². The summed E-state index contributed by atoms with van der Waals surface area (Å²) in [7, 11) is 0. The summed E-state index contributed by atoms with van der Waals surface area (Å²) in [5.41, 5.74) is 2.46. The number of halogens is 3. The van der Waals surface area contributed by atoms with Crippen LogP contribution in [0, 0.1) is 0 Å². The van der Waals surface area contributed by atoms with E-state index in [1.807, 2.05) is 18.2 Å². The Hall–Kier alpha value is -2.88. The van der Waals surface area contributed by atoms with Crippen molar-refractivity contribution in [2.75, 3.05) is 5.32 Å². The first-order chi connectivity index (χ1) is 14.4. The number of carbonyl (C=O) groups is 2. The molecule has 0 unspecified atom stereocenters. The first-order valence-corrected chi connectivity index (χ1v) is 10.2. The van der Waals surface area contributed by atoms with Crippen molar-refractivity contribution in [3.05, 3.63) is 53.6 Å². The summed E-state index contributed by atoms with van der Waals surface area (Å²) in [6.45, 7) is 3.29. The number of aliphatic carboxylic acids is 1. The van der Waals surface area contributed by atoms with Crippen LogP contribution in [0.15, 0.2) is 47.4 Å². The lowest BCUT2D eigenvalue weighted by molar-refractivity contribution is -0.274. The Morgan fingerprint density at radius 1 is 1.06 bits per heavy atom. The van der Waals surface area contributed by atoms with Gasteiger partial charge in [0.25, 0.3) is 0 Å². The predicted octanol–water partition coefficient (Wildman–Crippen LogP) is 4.83. The summed E-state index contributed by atoms with van der Waals surface area (Å²) >= 11 is 1.26. The molecule has 0 heterocycles. The minimum Gasteiger partial charge on any atom is -0.480 e. The van der Waals surface area contributed by atoms with Crippen LogP contribution in [0.1, 0.15) is 25.0 Å². The highest BCUT2D eigenvalue weighted by Crippen LogP contribution is 2.35. The van der Waals surface area contributed by atoms with Gasteiger partial charge in [-0.15, -0.1) is 24.9 Å². The minimum atomic E-state index is -4.77. The summed E-state index contributed by atoms with van der Waals surface area (Å²) in [4.78, 5) is 24.4. The molecule has 1 aliphatic rings. The van der Waals surface area contributed by atoms with E-state index in [1.54, 1.807) is 13.8 Å². The number of carbonyl (C=O) groups excluding carboxylic acids is 1. The first kappa shape index (κ1) is 22.8. The van der Waals surface area contributed by atoms with E-state index >= 15 is 0 Å². The quantitative estimate of drug-likeness (QED) is 0.545. The topological polar surface area (TPSA) is 87.7 Å². The van der Waals surface area contributed by atoms with Gasteiger partial charge in [-0.1, -0.05) is 6.07 Å². The summed E-state index contributed by atoms with van der Waals surface area (Å²) < 4.78 is 39.5. The van der Waals surface area contributed by atoms with E-state index in [2.05, 4.69) is 15.4 Å². The molecule has 0 aliphatic heterocycles. The molecule has 0 fully saturated rings. The van der Waals surface area contributed by atoms with Gasteiger partial charge in [0.2, 0.25) is 0 Å². The normalized spacial score (nSPS) is 15.8. The Morgan fingerprint density at radius 3 is 2.32 bits per heavy atom. The second-order valence-corrected chi connectivity index (χ2v) is 9.32. The molecular weight excluding hydrogens is 433 g/mol. The molecule has 0 radical (unpaired) electrons. The van der Waals surface area contributed by atoms with E-state index in [4.69, 9.17) is 0 Å². The molecule has 0 spiro atoms. The molecule has 0 saturated carbocycles. The van der Waals surface area contributed by atoms with Crippen molar-refractivity contribution in [1.29, 1.82) is 0 Å². The Bertz CT molecular complexity index is 978. The Kier molecular flexibility index (Phi) is 6.40. The molecule has 10 heteroatoms. The van der Waals surface area contributed by atoms with E-state index in [0.717, 1.165) is 28.2 Å². The van der Waals surface area contributed by atoms with Gasteiger partial charge in [-0.05, 0) is 74.2 Å². The van der Waals surface area contributed by atoms with E-state index in [1.165, 1.54) is 23.9 Å². The SMILES string of the molecule is CC(C)(Sc1ccc2c(c1)C[C@H](NC(=O)Nc1ccc(OC(F)(F)F)cc1)C2)C(=O)O. The smallest absolute Gasteiger partial charge is 0.480 e. The Balaban J connectivity index is 1.55. The van der Waals surface area contributed by atoms with Gasteiger partial charge in [-0.2, -0.15) is 0 Å².